The number of nitrogens with zero attached hydrogens (tertiary/aromatic N) is 2. The summed E-state index contributed by atoms with van der Waals surface area (Å²) in [7, 11) is 1.33. The minimum Gasteiger partial charge on any atom is -0.485 e. The first kappa shape index (κ1) is 22.1. The van der Waals surface area contributed by atoms with Gasteiger partial charge in [-0.1, -0.05) is 29.3 Å². The van der Waals surface area contributed by atoms with Crippen LogP contribution in [0.1, 0.15) is 36.8 Å². The molecule has 9 nitrogen and oxygen atoms in total. The highest BCUT2D eigenvalue weighted by molar-refractivity contribution is 6.42. The summed E-state index contributed by atoms with van der Waals surface area (Å²) in [6, 6.07) is 7.45. The van der Waals surface area contributed by atoms with Crippen molar-refractivity contribution in [3.05, 3.63) is 69.0 Å². The molecule has 0 atom stereocenters. The first-order chi connectivity index (χ1) is 14.6. The highest BCUT2D eigenvalue weighted by atomic mass is 35.5. The number of primary amides is 1. The molecule has 0 saturated heterocycles. The second-order valence-electron chi connectivity index (χ2n) is 6.37. The van der Waals surface area contributed by atoms with Crippen LogP contribution in [0.2, 0.25) is 10.0 Å². The van der Waals surface area contributed by atoms with Crippen LogP contribution in [0.25, 0.3) is 11.4 Å². The summed E-state index contributed by atoms with van der Waals surface area (Å²) in [6.07, 6.45) is 1.33. The Labute approximate surface area is 185 Å². The summed E-state index contributed by atoms with van der Waals surface area (Å²) < 4.78 is 6.72. The Kier molecular flexibility index (Phi) is 6.19. The van der Waals surface area contributed by atoms with Crippen molar-refractivity contribution in [2.45, 2.75) is 6.61 Å². The van der Waals surface area contributed by atoms with Gasteiger partial charge >= 0.3 is 11.9 Å². The number of hydrogen-bond acceptors (Lipinski definition) is 5. The smallest absolute Gasteiger partial charge is 0.356 e. The number of carbonyl (C=O) groups is 3. The lowest BCUT2D eigenvalue weighted by molar-refractivity contribution is 0.0681. The third kappa shape index (κ3) is 4.18. The molecule has 0 unspecified atom stereocenters. The van der Waals surface area contributed by atoms with Gasteiger partial charge in [0.05, 0.1) is 21.3 Å². The Bertz CT molecular complexity index is 1220. The van der Waals surface area contributed by atoms with Crippen molar-refractivity contribution in [1.82, 2.24) is 9.55 Å². The number of rotatable bonds is 7. The molecule has 1 amide bonds. The van der Waals surface area contributed by atoms with Crippen molar-refractivity contribution >= 4 is 41.0 Å². The Morgan fingerprint density at radius 2 is 1.84 bits per heavy atom. The van der Waals surface area contributed by atoms with Gasteiger partial charge in [-0.2, -0.15) is 0 Å². The molecule has 0 aliphatic carbocycles. The first-order valence-electron chi connectivity index (χ1n) is 8.64. The number of carboxylic acids is 2. The quantitative estimate of drug-likeness (QED) is 0.486. The van der Waals surface area contributed by atoms with Crippen LogP contribution in [0.3, 0.4) is 0 Å². The Morgan fingerprint density at radius 1 is 1.13 bits per heavy atom. The number of nitrogens with two attached hydrogens (primary N) is 1. The van der Waals surface area contributed by atoms with Crippen LogP contribution in [0.15, 0.2) is 36.5 Å². The number of aromatic carboxylic acids is 2. The van der Waals surface area contributed by atoms with Crippen molar-refractivity contribution in [3.63, 3.8) is 0 Å². The highest BCUT2D eigenvalue weighted by Gasteiger charge is 2.33. The Balaban J connectivity index is 2.21. The fourth-order valence-corrected chi connectivity index (χ4v) is 3.41. The zero-order valence-corrected chi connectivity index (χ0v) is 17.4. The standard InChI is InChI=1S/C20H15Cl2N3O6/c1-25-15(14-10(18(23)26)3-2-6-24-14)13(19(27)28)17(16(25)20(29)30)31-8-9-4-5-11(21)12(22)7-9/h2-7H,8H2,1H3,(H2,23,26)(H,27,28)(H,29,30). The van der Waals surface area contributed by atoms with E-state index in [2.05, 4.69) is 4.98 Å². The van der Waals surface area contributed by atoms with Gasteiger partial charge in [0.25, 0.3) is 5.91 Å². The number of aromatic nitrogens is 2. The zero-order chi connectivity index (χ0) is 22.9. The number of amides is 1. The van der Waals surface area contributed by atoms with E-state index in [0.29, 0.717) is 10.6 Å². The highest BCUT2D eigenvalue weighted by Crippen LogP contribution is 2.38. The molecule has 1 aromatic carbocycles. The van der Waals surface area contributed by atoms with Crippen molar-refractivity contribution in [2.24, 2.45) is 12.8 Å². The molecule has 2 aromatic heterocycles. The number of pyridine rings is 1. The molecule has 0 bridgehead atoms. The number of carboxylic acid groups (broad SMARTS) is 2. The SMILES string of the molecule is Cn1c(C(=O)O)c(OCc2ccc(Cl)c(Cl)c2)c(C(=O)O)c1-c1ncccc1C(N)=O. The molecule has 0 spiro atoms. The van der Waals surface area contributed by atoms with Gasteiger partial charge in [0.1, 0.15) is 17.9 Å². The van der Waals surface area contributed by atoms with Crippen LogP contribution in [-0.2, 0) is 13.7 Å². The summed E-state index contributed by atoms with van der Waals surface area (Å²) in [5.74, 6) is -4.15. The molecule has 31 heavy (non-hydrogen) atoms. The predicted molar refractivity (Wildman–Crippen MR) is 112 cm³/mol. The number of halogens is 2. The molecule has 3 rings (SSSR count). The molecule has 11 heteroatoms. The van der Waals surface area contributed by atoms with Crippen LogP contribution in [0.5, 0.6) is 5.75 Å². The van der Waals surface area contributed by atoms with E-state index in [-0.39, 0.29) is 28.6 Å². The minimum absolute atomic E-state index is 0.0708. The lowest BCUT2D eigenvalue weighted by Gasteiger charge is -2.09. The Hall–Kier alpha value is -3.56. The van der Waals surface area contributed by atoms with E-state index in [1.54, 1.807) is 6.07 Å². The van der Waals surface area contributed by atoms with Gasteiger partial charge in [-0.25, -0.2) is 9.59 Å². The molecular formula is C20H15Cl2N3O6. The maximum absolute atomic E-state index is 12.1. The molecule has 160 valence electrons. The van der Waals surface area contributed by atoms with Gasteiger partial charge in [0.15, 0.2) is 11.4 Å². The van der Waals surface area contributed by atoms with Crippen LogP contribution >= 0.6 is 23.2 Å². The molecule has 0 aliphatic heterocycles. The number of benzene rings is 1. The van der Waals surface area contributed by atoms with Crippen molar-refractivity contribution in [2.75, 3.05) is 0 Å². The maximum Gasteiger partial charge on any atom is 0.356 e. The number of carbonyl (C=O) groups excluding carboxylic acids is 1. The molecule has 0 saturated carbocycles. The summed E-state index contributed by atoms with van der Waals surface area (Å²) in [6.45, 7) is -0.189. The van der Waals surface area contributed by atoms with E-state index in [4.69, 9.17) is 33.7 Å². The van der Waals surface area contributed by atoms with Gasteiger partial charge in [0, 0.05) is 13.2 Å². The average molecular weight is 464 g/mol. The summed E-state index contributed by atoms with van der Waals surface area (Å²) in [5, 5.41) is 20.2. The molecule has 0 radical (unpaired) electrons. The molecule has 0 fully saturated rings. The van der Waals surface area contributed by atoms with Crippen LogP contribution in [0, 0.1) is 0 Å². The van der Waals surface area contributed by atoms with E-state index in [1.807, 2.05) is 0 Å². The normalized spacial score (nSPS) is 10.7. The predicted octanol–water partition coefficient (Wildman–Crippen LogP) is 3.47. The lowest BCUT2D eigenvalue weighted by atomic mass is 10.1. The Morgan fingerprint density at radius 3 is 2.42 bits per heavy atom. The van der Waals surface area contributed by atoms with Crippen molar-refractivity contribution in [1.29, 1.82) is 0 Å². The second-order valence-corrected chi connectivity index (χ2v) is 7.19. The average Bonchev–Trinajstić information content (AvgIpc) is 3.01. The van der Waals surface area contributed by atoms with Crippen LogP contribution in [-0.4, -0.2) is 37.6 Å². The summed E-state index contributed by atoms with van der Waals surface area (Å²) in [4.78, 5) is 40.0. The third-order valence-corrected chi connectivity index (χ3v) is 5.17. The number of hydrogen-bond donors (Lipinski definition) is 3. The van der Waals surface area contributed by atoms with Gasteiger partial charge in [-0.3, -0.25) is 9.78 Å². The maximum atomic E-state index is 12.1. The van der Waals surface area contributed by atoms with E-state index in [9.17, 15) is 24.6 Å². The molecule has 2 heterocycles. The van der Waals surface area contributed by atoms with Gasteiger partial charge in [0.2, 0.25) is 0 Å². The first-order valence-corrected chi connectivity index (χ1v) is 9.40. The van der Waals surface area contributed by atoms with E-state index < -0.39 is 34.9 Å². The van der Waals surface area contributed by atoms with Gasteiger partial charge in [-0.05, 0) is 29.8 Å². The lowest BCUT2D eigenvalue weighted by Crippen LogP contribution is -2.15. The fraction of sp³-hybridized carbons (Fsp3) is 0.100. The monoisotopic (exact) mass is 463 g/mol. The second kappa shape index (κ2) is 8.66. The summed E-state index contributed by atoms with van der Waals surface area (Å²) in [5.41, 5.74) is 4.72. The fourth-order valence-electron chi connectivity index (χ4n) is 3.09. The van der Waals surface area contributed by atoms with Crippen molar-refractivity contribution < 1.29 is 29.3 Å². The van der Waals surface area contributed by atoms with E-state index in [0.717, 1.165) is 4.57 Å². The van der Waals surface area contributed by atoms with E-state index >= 15 is 0 Å². The molecule has 4 N–H and O–H groups in total. The van der Waals surface area contributed by atoms with Gasteiger partial charge < -0.3 is 25.3 Å². The molecule has 0 aliphatic rings. The van der Waals surface area contributed by atoms with Crippen molar-refractivity contribution in [3.8, 4) is 17.1 Å². The third-order valence-electron chi connectivity index (χ3n) is 4.43. The summed E-state index contributed by atoms with van der Waals surface area (Å²) >= 11 is 11.9. The molecule has 3 aromatic rings. The number of ether oxygens (including phenoxy) is 1. The molecular weight excluding hydrogens is 449 g/mol. The van der Waals surface area contributed by atoms with Gasteiger partial charge in [-0.15, -0.1) is 0 Å². The minimum atomic E-state index is -1.47. The van der Waals surface area contributed by atoms with Crippen LogP contribution in [0.4, 0.5) is 0 Å². The largest absolute Gasteiger partial charge is 0.485 e. The topological polar surface area (TPSA) is 145 Å². The van der Waals surface area contributed by atoms with E-state index in [1.165, 1.54) is 37.5 Å². The van der Waals surface area contributed by atoms with Crippen LogP contribution < -0.4 is 10.5 Å². The zero-order valence-electron chi connectivity index (χ0n) is 15.9.